The Morgan fingerprint density at radius 2 is 1.90 bits per heavy atom. The third kappa shape index (κ3) is 6.12. The highest BCUT2D eigenvalue weighted by atomic mass is 16.5. The molecule has 21 heavy (non-hydrogen) atoms. The first-order chi connectivity index (χ1) is 10.1. The van der Waals surface area contributed by atoms with Gasteiger partial charge in [-0.05, 0) is 37.6 Å². The van der Waals surface area contributed by atoms with E-state index in [4.69, 9.17) is 10.5 Å². The number of hydrogen-bond donors (Lipinski definition) is 1. The quantitative estimate of drug-likeness (QED) is 0.474. The summed E-state index contributed by atoms with van der Waals surface area (Å²) in [6, 6.07) is 7.24. The highest BCUT2D eigenvalue weighted by Gasteiger charge is 2.11. The Bertz CT molecular complexity index is 495. The van der Waals surface area contributed by atoms with Gasteiger partial charge in [0.1, 0.15) is 0 Å². The second-order valence-corrected chi connectivity index (χ2v) is 4.47. The van der Waals surface area contributed by atoms with Gasteiger partial charge in [0.05, 0.1) is 13.0 Å². The lowest BCUT2D eigenvalue weighted by Crippen LogP contribution is -2.31. The largest absolute Gasteiger partial charge is 0.466 e. The summed E-state index contributed by atoms with van der Waals surface area (Å²) in [7, 11) is 0. The van der Waals surface area contributed by atoms with Crippen LogP contribution >= 0.6 is 0 Å². The van der Waals surface area contributed by atoms with Crippen LogP contribution in [0.3, 0.4) is 0 Å². The lowest BCUT2D eigenvalue weighted by molar-refractivity contribution is -0.143. The zero-order valence-corrected chi connectivity index (χ0v) is 12.5. The minimum atomic E-state index is -0.286. The number of esters is 1. The normalized spacial score (nSPS) is 10.6. The van der Waals surface area contributed by atoms with Crippen molar-refractivity contribution in [2.45, 2.75) is 20.3 Å². The molecule has 0 aromatic heterocycles. The molecule has 1 rings (SSSR count). The van der Waals surface area contributed by atoms with Crippen molar-refractivity contribution in [1.82, 2.24) is 4.90 Å². The molecule has 0 fully saturated rings. The van der Waals surface area contributed by atoms with Crippen LogP contribution in [0.4, 0.5) is 5.69 Å². The molecule has 0 aliphatic rings. The van der Waals surface area contributed by atoms with E-state index < -0.39 is 0 Å². The van der Waals surface area contributed by atoms with Crippen molar-refractivity contribution >= 4 is 23.6 Å². The van der Waals surface area contributed by atoms with Gasteiger partial charge in [0.15, 0.2) is 0 Å². The van der Waals surface area contributed by atoms with E-state index in [-0.39, 0.29) is 18.3 Å². The van der Waals surface area contributed by atoms with Crippen molar-refractivity contribution < 1.29 is 14.3 Å². The molecule has 1 amide bonds. The van der Waals surface area contributed by atoms with E-state index in [0.29, 0.717) is 25.4 Å². The number of carbonyl (C=O) groups is 2. The third-order valence-electron chi connectivity index (χ3n) is 2.94. The first kappa shape index (κ1) is 16.8. The molecule has 0 atom stereocenters. The summed E-state index contributed by atoms with van der Waals surface area (Å²) in [6.07, 6.45) is 3.44. The maximum atomic E-state index is 12.0. The summed E-state index contributed by atoms with van der Waals surface area (Å²) in [4.78, 5) is 25.0. The molecule has 5 nitrogen and oxygen atoms in total. The number of carbonyl (C=O) groups excluding carboxylic acids is 2. The zero-order valence-electron chi connectivity index (χ0n) is 12.5. The van der Waals surface area contributed by atoms with Gasteiger partial charge in [-0.2, -0.15) is 0 Å². The number of anilines is 1. The number of nitrogens with zero attached hydrogens (tertiary/aromatic N) is 1. The van der Waals surface area contributed by atoms with E-state index in [1.807, 2.05) is 19.1 Å². The minimum Gasteiger partial charge on any atom is -0.466 e. The van der Waals surface area contributed by atoms with E-state index in [9.17, 15) is 9.59 Å². The molecule has 0 heterocycles. The molecular formula is C16H22N2O3. The molecule has 0 radical (unpaired) electrons. The minimum absolute atomic E-state index is 0.126. The maximum Gasteiger partial charge on any atom is 0.307 e. The average Bonchev–Trinajstić information content (AvgIpc) is 2.47. The van der Waals surface area contributed by atoms with E-state index in [2.05, 4.69) is 0 Å². The summed E-state index contributed by atoms with van der Waals surface area (Å²) in [5, 5.41) is 0. The lowest BCUT2D eigenvalue weighted by Gasteiger charge is -2.18. The fraction of sp³-hybridized carbons (Fsp3) is 0.375. The molecule has 0 unspecified atom stereocenters. The standard InChI is InChI=1S/C16H22N2O3/c1-3-18(12-11-16(20)21-4-2)15(19)10-7-13-5-8-14(17)9-6-13/h5-10H,3-4,11-12,17H2,1-2H3/b10-7+. The molecule has 0 saturated carbocycles. The van der Waals surface area contributed by atoms with Crippen LogP contribution in [0.2, 0.25) is 0 Å². The third-order valence-corrected chi connectivity index (χ3v) is 2.94. The van der Waals surface area contributed by atoms with E-state index in [0.717, 1.165) is 5.56 Å². The van der Waals surface area contributed by atoms with Crippen molar-refractivity contribution in [1.29, 1.82) is 0 Å². The fourth-order valence-electron chi connectivity index (χ4n) is 1.76. The van der Waals surface area contributed by atoms with Crippen molar-refractivity contribution in [3.63, 3.8) is 0 Å². The van der Waals surface area contributed by atoms with Crippen molar-refractivity contribution in [2.24, 2.45) is 0 Å². The average molecular weight is 290 g/mol. The van der Waals surface area contributed by atoms with Crippen molar-refractivity contribution in [3.8, 4) is 0 Å². The summed E-state index contributed by atoms with van der Waals surface area (Å²) in [6.45, 7) is 4.90. The molecule has 0 aliphatic heterocycles. The van der Waals surface area contributed by atoms with Gasteiger partial charge < -0.3 is 15.4 Å². The smallest absolute Gasteiger partial charge is 0.307 e. The molecule has 0 aliphatic carbocycles. The Morgan fingerprint density at radius 1 is 1.24 bits per heavy atom. The van der Waals surface area contributed by atoms with E-state index in [1.54, 1.807) is 30.0 Å². The molecule has 2 N–H and O–H groups in total. The van der Waals surface area contributed by atoms with E-state index in [1.165, 1.54) is 6.08 Å². The second kappa shape index (κ2) is 8.79. The second-order valence-electron chi connectivity index (χ2n) is 4.47. The highest BCUT2D eigenvalue weighted by Crippen LogP contribution is 2.07. The number of amides is 1. The van der Waals surface area contributed by atoms with Gasteiger partial charge in [0.2, 0.25) is 5.91 Å². The summed E-state index contributed by atoms with van der Waals surface area (Å²) >= 11 is 0. The summed E-state index contributed by atoms with van der Waals surface area (Å²) in [5.74, 6) is -0.412. The monoisotopic (exact) mass is 290 g/mol. The lowest BCUT2D eigenvalue weighted by atomic mass is 10.2. The number of likely N-dealkylation sites (N-methyl/N-ethyl adjacent to an activating group) is 1. The van der Waals surface area contributed by atoms with Gasteiger partial charge in [-0.25, -0.2) is 0 Å². The summed E-state index contributed by atoms with van der Waals surface area (Å²) < 4.78 is 4.85. The van der Waals surface area contributed by atoms with Crippen LogP contribution in [0.15, 0.2) is 30.3 Å². The fourth-order valence-corrected chi connectivity index (χ4v) is 1.76. The predicted octanol–water partition coefficient (Wildman–Crippen LogP) is 2.08. The Labute approximate surface area is 125 Å². The predicted molar refractivity (Wildman–Crippen MR) is 83.4 cm³/mol. The summed E-state index contributed by atoms with van der Waals surface area (Å²) in [5.41, 5.74) is 7.19. The van der Waals surface area contributed by atoms with Crippen LogP contribution in [-0.4, -0.2) is 36.5 Å². The molecule has 1 aromatic carbocycles. The number of rotatable bonds is 7. The molecule has 0 bridgehead atoms. The molecule has 114 valence electrons. The van der Waals surface area contributed by atoms with Crippen LogP contribution in [0.25, 0.3) is 6.08 Å². The Kier molecular flexibility index (Phi) is 7.01. The van der Waals surface area contributed by atoms with Gasteiger partial charge in [-0.15, -0.1) is 0 Å². The van der Waals surface area contributed by atoms with Crippen LogP contribution in [-0.2, 0) is 14.3 Å². The van der Waals surface area contributed by atoms with Gasteiger partial charge in [0, 0.05) is 24.9 Å². The van der Waals surface area contributed by atoms with Crippen LogP contribution in [0, 0.1) is 0 Å². The van der Waals surface area contributed by atoms with E-state index >= 15 is 0 Å². The van der Waals surface area contributed by atoms with Gasteiger partial charge in [-0.1, -0.05) is 12.1 Å². The molecule has 5 heteroatoms. The SMILES string of the molecule is CCOC(=O)CCN(CC)C(=O)/C=C/c1ccc(N)cc1. The molecule has 0 saturated heterocycles. The Morgan fingerprint density at radius 3 is 2.48 bits per heavy atom. The van der Waals surface area contributed by atoms with Crippen LogP contribution in [0.5, 0.6) is 0 Å². The highest BCUT2D eigenvalue weighted by molar-refractivity contribution is 5.92. The van der Waals surface area contributed by atoms with Gasteiger partial charge in [0.25, 0.3) is 0 Å². The Hall–Kier alpha value is -2.30. The van der Waals surface area contributed by atoms with Crippen molar-refractivity contribution in [2.75, 3.05) is 25.4 Å². The molecule has 0 spiro atoms. The number of nitrogen functional groups attached to an aromatic ring is 1. The number of nitrogens with two attached hydrogens (primary N) is 1. The topological polar surface area (TPSA) is 72.6 Å². The van der Waals surface area contributed by atoms with Crippen LogP contribution < -0.4 is 5.73 Å². The molecular weight excluding hydrogens is 268 g/mol. The maximum absolute atomic E-state index is 12.0. The number of benzene rings is 1. The van der Waals surface area contributed by atoms with Crippen molar-refractivity contribution in [3.05, 3.63) is 35.9 Å². The first-order valence-corrected chi connectivity index (χ1v) is 7.05. The number of ether oxygens (including phenoxy) is 1. The molecule has 1 aromatic rings. The zero-order chi connectivity index (χ0) is 15.7. The van der Waals surface area contributed by atoms with Gasteiger partial charge >= 0.3 is 5.97 Å². The van der Waals surface area contributed by atoms with Gasteiger partial charge in [-0.3, -0.25) is 9.59 Å². The Balaban J connectivity index is 2.54. The number of hydrogen-bond acceptors (Lipinski definition) is 4. The van der Waals surface area contributed by atoms with Crippen LogP contribution in [0.1, 0.15) is 25.8 Å². The first-order valence-electron chi connectivity index (χ1n) is 7.05.